The van der Waals surface area contributed by atoms with Crippen LogP contribution in [0.5, 0.6) is 0 Å². The lowest BCUT2D eigenvalue weighted by Crippen LogP contribution is -2.64. The summed E-state index contributed by atoms with van der Waals surface area (Å²) in [5, 5.41) is 11.8. The first-order valence-electron chi connectivity index (χ1n) is 13.9. The molecule has 0 amide bonds. The van der Waals surface area contributed by atoms with E-state index in [1.165, 1.54) is 14.0 Å². The van der Waals surface area contributed by atoms with Crippen LogP contribution in [0, 0.1) is 52.3 Å². The third kappa shape index (κ3) is 4.36. The molecule has 6 nitrogen and oxygen atoms in total. The number of rotatable bonds is 6. The van der Waals surface area contributed by atoms with Crippen LogP contribution in [0.1, 0.15) is 92.4 Å². The molecule has 4 fully saturated rings. The molecule has 0 aromatic carbocycles. The maximum atomic E-state index is 14.2. The van der Waals surface area contributed by atoms with Crippen LogP contribution < -0.4 is 0 Å². The number of ether oxygens (including phenoxy) is 2. The SMILES string of the molecule is CC[C@H]1C(=O)[C@@H]2[C@H]([C@@H](O)C[C@]3(C)[C@@H](C(C)CCC(=O)OC)CC[C@@H]23)[C@@]2(C)CC[C@@H](OC(C)=O)C[C@@H]12. The highest BCUT2D eigenvalue weighted by molar-refractivity contribution is 5.86. The van der Waals surface area contributed by atoms with Crippen molar-refractivity contribution in [2.24, 2.45) is 52.3 Å². The molecule has 4 saturated carbocycles. The maximum Gasteiger partial charge on any atom is 0.305 e. The van der Waals surface area contributed by atoms with Gasteiger partial charge in [0.1, 0.15) is 11.9 Å². The fourth-order valence-corrected chi connectivity index (χ4v) is 9.70. The number of methoxy groups -OCH3 is 1. The lowest BCUT2D eigenvalue weighted by molar-refractivity contribution is -0.200. The zero-order valence-electron chi connectivity index (χ0n) is 22.5. The van der Waals surface area contributed by atoms with E-state index >= 15 is 0 Å². The van der Waals surface area contributed by atoms with Gasteiger partial charge in [-0.15, -0.1) is 0 Å². The lowest BCUT2D eigenvalue weighted by Gasteiger charge is -2.63. The van der Waals surface area contributed by atoms with Crippen LogP contribution in [0.4, 0.5) is 0 Å². The van der Waals surface area contributed by atoms with Gasteiger partial charge < -0.3 is 14.6 Å². The molecule has 6 heteroatoms. The maximum absolute atomic E-state index is 14.2. The first-order valence-corrected chi connectivity index (χ1v) is 13.9. The Hall–Kier alpha value is -1.43. The number of aliphatic hydroxyl groups excluding tert-OH is 1. The van der Waals surface area contributed by atoms with Gasteiger partial charge in [-0.05, 0) is 85.9 Å². The quantitative estimate of drug-likeness (QED) is 0.530. The van der Waals surface area contributed by atoms with Crippen molar-refractivity contribution in [3.63, 3.8) is 0 Å². The Bertz CT molecular complexity index is 839. The molecular weight excluding hydrogens is 444 g/mol. The van der Waals surface area contributed by atoms with Gasteiger partial charge in [-0.3, -0.25) is 14.4 Å². The Morgan fingerprint density at radius 3 is 2.49 bits per heavy atom. The molecule has 0 radical (unpaired) electrons. The van der Waals surface area contributed by atoms with Gasteiger partial charge in [0.25, 0.3) is 0 Å². The van der Waals surface area contributed by atoms with Crippen molar-refractivity contribution < 1.29 is 29.0 Å². The average molecular weight is 491 g/mol. The Morgan fingerprint density at radius 1 is 1.14 bits per heavy atom. The number of Topliss-reactive ketones (excluding diaryl/α,β-unsaturated/α-hetero) is 1. The van der Waals surface area contributed by atoms with Crippen molar-refractivity contribution in [3.05, 3.63) is 0 Å². The van der Waals surface area contributed by atoms with Crippen molar-refractivity contribution in [1.82, 2.24) is 0 Å². The normalized spacial score (nSPS) is 45.6. The molecule has 1 N–H and O–H groups in total. The number of esters is 2. The summed E-state index contributed by atoms with van der Waals surface area (Å²) in [7, 11) is 1.43. The largest absolute Gasteiger partial charge is 0.469 e. The highest BCUT2D eigenvalue weighted by Crippen LogP contribution is 2.68. The van der Waals surface area contributed by atoms with Crippen LogP contribution in [-0.2, 0) is 23.9 Å². The molecular formula is C29H46O6. The van der Waals surface area contributed by atoms with Gasteiger partial charge in [0, 0.05) is 31.1 Å². The zero-order chi connectivity index (χ0) is 25.7. The molecule has 1 unspecified atom stereocenters. The minimum atomic E-state index is -0.505. The second kappa shape index (κ2) is 9.79. The number of carbonyl (C=O) groups is 3. The minimum absolute atomic E-state index is 0.0247. The monoisotopic (exact) mass is 490 g/mol. The second-order valence-corrected chi connectivity index (χ2v) is 12.7. The van der Waals surface area contributed by atoms with E-state index in [2.05, 4.69) is 27.7 Å². The molecule has 0 saturated heterocycles. The molecule has 0 aromatic rings. The van der Waals surface area contributed by atoms with Crippen molar-refractivity contribution in [2.75, 3.05) is 7.11 Å². The summed E-state index contributed by atoms with van der Waals surface area (Å²) in [6, 6.07) is 0. The van der Waals surface area contributed by atoms with Crippen LogP contribution >= 0.6 is 0 Å². The number of ketones is 1. The molecule has 35 heavy (non-hydrogen) atoms. The Balaban J connectivity index is 1.62. The van der Waals surface area contributed by atoms with Gasteiger partial charge in [0.05, 0.1) is 13.2 Å². The third-order valence-corrected chi connectivity index (χ3v) is 11.2. The number of fused-ring (bicyclic) bond motifs is 5. The number of aliphatic hydroxyl groups is 1. The molecule has 4 rings (SSSR count). The topological polar surface area (TPSA) is 89.9 Å². The predicted molar refractivity (Wildman–Crippen MR) is 132 cm³/mol. The van der Waals surface area contributed by atoms with E-state index < -0.39 is 6.10 Å². The van der Waals surface area contributed by atoms with Gasteiger partial charge in [0.15, 0.2) is 0 Å². The van der Waals surface area contributed by atoms with E-state index in [0.717, 1.165) is 51.4 Å². The van der Waals surface area contributed by atoms with Crippen molar-refractivity contribution in [1.29, 1.82) is 0 Å². The van der Waals surface area contributed by atoms with E-state index in [1.54, 1.807) is 0 Å². The fraction of sp³-hybridized carbons (Fsp3) is 0.897. The summed E-state index contributed by atoms with van der Waals surface area (Å²) in [4.78, 5) is 37.6. The zero-order valence-corrected chi connectivity index (χ0v) is 22.5. The first kappa shape index (κ1) is 26.6. The summed E-state index contributed by atoms with van der Waals surface area (Å²) in [5.41, 5.74) is -0.215. The predicted octanol–water partition coefficient (Wildman–Crippen LogP) is 4.95. The summed E-state index contributed by atoms with van der Waals surface area (Å²) in [5.74, 6) is 0.936. The van der Waals surface area contributed by atoms with Crippen LogP contribution in [0.25, 0.3) is 0 Å². The van der Waals surface area contributed by atoms with Crippen molar-refractivity contribution in [2.45, 2.75) is 105 Å². The summed E-state index contributed by atoms with van der Waals surface area (Å²) >= 11 is 0. The van der Waals surface area contributed by atoms with Crippen molar-refractivity contribution >= 4 is 17.7 Å². The number of hydrogen-bond donors (Lipinski definition) is 1. The minimum Gasteiger partial charge on any atom is -0.469 e. The Morgan fingerprint density at radius 2 is 1.86 bits per heavy atom. The summed E-state index contributed by atoms with van der Waals surface area (Å²) in [6.07, 6.45) is 6.61. The molecule has 4 aliphatic carbocycles. The lowest BCUT2D eigenvalue weighted by atomic mass is 9.41. The summed E-state index contributed by atoms with van der Waals surface area (Å²) < 4.78 is 10.5. The second-order valence-electron chi connectivity index (χ2n) is 12.7. The van der Waals surface area contributed by atoms with E-state index in [9.17, 15) is 19.5 Å². The molecule has 198 valence electrons. The Kier molecular flexibility index (Phi) is 7.45. The van der Waals surface area contributed by atoms with Crippen LogP contribution in [-0.4, -0.2) is 42.1 Å². The van der Waals surface area contributed by atoms with E-state index in [0.29, 0.717) is 24.0 Å². The summed E-state index contributed by atoms with van der Waals surface area (Å²) in [6.45, 7) is 10.4. The van der Waals surface area contributed by atoms with Crippen molar-refractivity contribution in [3.8, 4) is 0 Å². The standard InChI is InChI=1S/C29H46O6/c1-7-19-22-14-18(35-17(3)30)12-13-28(22,4)26-23(31)15-29(5)20(16(2)8-11-24(32)34-6)9-10-21(29)25(26)27(19)33/h16,18-23,25-26,31H,7-15H2,1-6H3/t16?,18-,19-,20-,21+,22+,23+,25+,26+,28+,29-/m1/s1. The molecule has 0 aliphatic heterocycles. The van der Waals surface area contributed by atoms with Gasteiger partial charge in [-0.1, -0.05) is 27.7 Å². The molecule has 0 spiro atoms. The van der Waals surface area contributed by atoms with Gasteiger partial charge in [-0.25, -0.2) is 0 Å². The fourth-order valence-electron chi connectivity index (χ4n) is 9.70. The van der Waals surface area contributed by atoms with Crippen LogP contribution in [0.15, 0.2) is 0 Å². The number of hydrogen-bond acceptors (Lipinski definition) is 6. The highest BCUT2D eigenvalue weighted by Gasteiger charge is 2.67. The molecule has 4 aliphatic rings. The first-order chi connectivity index (χ1) is 16.5. The van der Waals surface area contributed by atoms with Gasteiger partial charge >= 0.3 is 11.9 Å². The third-order valence-electron chi connectivity index (χ3n) is 11.2. The molecule has 0 heterocycles. The average Bonchev–Trinajstić information content (AvgIpc) is 3.14. The molecule has 0 bridgehead atoms. The molecule has 11 atom stereocenters. The Labute approximate surface area is 210 Å². The van der Waals surface area contributed by atoms with E-state index in [4.69, 9.17) is 9.47 Å². The highest BCUT2D eigenvalue weighted by atomic mass is 16.5. The smallest absolute Gasteiger partial charge is 0.305 e. The number of carbonyl (C=O) groups excluding carboxylic acids is 3. The van der Waals surface area contributed by atoms with Crippen LogP contribution in [0.2, 0.25) is 0 Å². The van der Waals surface area contributed by atoms with Gasteiger partial charge in [-0.2, -0.15) is 0 Å². The molecule has 0 aromatic heterocycles. The van der Waals surface area contributed by atoms with Gasteiger partial charge in [0.2, 0.25) is 0 Å². The van der Waals surface area contributed by atoms with E-state index in [1.807, 2.05) is 0 Å². The van der Waals surface area contributed by atoms with E-state index in [-0.39, 0.29) is 58.5 Å². The van der Waals surface area contributed by atoms with Crippen LogP contribution in [0.3, 0.4) is 0 Å².